The summed E-state index contributed by atoms with van der Waals surface area (Å²) in [6.07, 6.45) is 0.824. The number of hydrogen-bond acceptors (Lipinski definition) is 6. The number of aryl methyl sites for hydroxylation is 2. The number of anilines is 2. The monoisotopic (exact) mass is 371 g/mol. The van der Waals surface area contributed by atoms with E-state index in [1.54, 1.807) is 21.3 Å². The number of rotatable bonds is 3. The van der Waals surface area contributed by atoms with Crippen molar-refractivity contribution in [2.75, 3.05) is 25.7 Å². The highest BCUT2D eigenvalue weighted by Gasteiger charge is 2.28. The molecule has 9 nitrogen and oxygen atoms in total. The lowest BCUT2D eigenvalue weighted by atomic mass is 10.2. The van der Waals surface area contributed by atoms with Crippen LogP contribution in [0.2, 0.25) is 0 Å². The number of hydrogen-bond donors (Lipinski definition) is 0. The maximum Gasteiger partial charge on any atom is 0.332 e. The smallest absolute Gasteiger partial charge is 0.332 e. The summed E-state index contributed by atoms with van der Waals surface area (Å²) < 4.78 is 15.3. The Balaban J connectivity index is 2.01. The molecule has 2 aromatic heterocycles. The molecule has 0 unspecified atom stereocenters. The van der Waals surface area contributed by atoms with E-state index in [1.807, 2.05) is 27.7 Å². The van der Waals surface area contributed by atoms with E-state index in [0.29, 0.717) is 41.7 Å². The molecule has 3 aromatic rings. The van der Waals surface area contributed by atoms with Gasteiger partial charge in [-0.1, -0.05) is 0 Å². The van der Waals surface area contributed by atoms with Gasteiger partial charge in [-0.15, -0.1) is 0 Å². The first-order valence-electron chi connectivity index (χ1n) is 8.63. The van der Waals surface area contributed by atoms with Gasteiger partial charge in [0.05, 0.1) is 19.9 Å². The average molecular weight is 371 g/mol. The van der Waals surface area contributed by atoms with E-state index < -0.39 is 5.69 Å². The molecule has 142 valence electrons. The Morgan fingerprint density at radius 2 is 1.81 bits per heavy atom. The van der Waals surface area contributed by atoms with Gasteiger partial charge in [0.15, 0.2) is 11.2 Å². The van der Waals surface area contributed by atoms with E-state index in [4.69, 9.17) is 9.47 Å². The molecule has 0 bridgehead atoms. The predicted molar refractivity (Wildman–Crippen MR) is 101 cm³/mol. The summed E-state index contributed by atoms with van der Waals surface area (Å²) in [4.78, 5) is 31.6. The minimum absolute atomic E-state index is 0.341. The first-order valence-corrected chi connectivity index (χ1v) is 8.63. The summed E-state index contributed by atoms with van der Waals surface area (Å²) in [5.74, 6) is 1.99. The highest BCUT2D eigenvalue weighted by Crippen LogP contribution is 2.38. The van der Waals surface area contributed by atoms with E-state index in [2.05, 4.69) is 4.98 Å². The van der Waals surface area contributed by atoms with E-state index in [1.165, 1.54) is 11.6 Å². The van der Waals surface area contributed by atoms with E-state index in [9.17, 15) is 9.59 Å². The van der Waals surface area contributed by atoms with Crippen molar-refractivity contribution < 1.29 is 9.47 Å². The Labute approximate surface area is 155 Å². The van der Waals surface area contributed by atoms with Crippen LogP contribution in [0.1, 0.15) is 6.42 Å². The van der Waals surface area contributed by atoms with Crippen LogP contribution in [0.25, 0.3) is 11.2 Å². The fraction of sp³-hybridized carbons (Fsp3) is 0.389. The van der Waals surface area contributed by atoms with E-state index in [-0.39, 0.29) is 5.56 Å². The standard InChI is InChI=1S/C18H21N5O4/c1-20-15-14(16(24)21(2)18(20)25)23-9-5-8-22(17(23)19-15)12-10-11(26-3)6-7-13(12)27-4/h6-7,10H,5,8-9H2,1-4H3. The van der Waals surface area contributed by atoms with Gasteiger partial charge in [0.1, 0.15) is 11.5 Å². The van der Waals surface area contributed by atoms with E-state index >= 15 is 0 Å². The predicted octanol–water partition coefficient (Wildman–Crippen LogP) is 0.993. The Bertz CT molecular complexity index is 1160. The maximum atomic E-state index is 12.7. The molecule has 1 aliphatic rings. The zero-order valence-electron chi connectivity index (χ0n) is 15.7. The molecule has 27 heavy (non-hydrogen) atoms. The Kier molecular flexibility index (Phi) is 3.94. The molecule has 0 amide bonds. The fourth-order valence-electron chi connectivity index (χ4n) is 3.58. The van der Waals surface area contributed by atoms with Gasteiger partial charge in [0.2, 0.25) is 5.95 Å². The van der Waals surface area contributed by atoms with Gasteiger partial charge < -0.3 is 18.9 Å². The Hall–Kier alpha value is -3.23. The number of imidazole rings is 1. The zero-order chi connectivity index (χ0) is 19.3. The highest BCUT2D eigenvalue weighted by molar-refractivity contribution is 5.78. The van der Waals surface area contributed by atoms with Gasteiger partial charge in [-0.2, -0.15) is 4.98 Å². The molecular formula is C18H21N5O4. The van der Waals surface area contributed by atoms with Crippen molar-refractivity contribution in [3.8, 4) is 11.5 Å². The van der Waals surface area contributed by atoms with Crippen molar-refractivity contribution in [2.24, 2.45) is 14.1 Å². The Morgan fingerprint density at radius 1 is 1.04 bits per heavy atom. The molecular weight excluding hydrogens is 350 g/mol. The summed E-state index contributed by atoms with van der Waals surface area (Å²) in [6.45, 7) is 1.36. The molecule has 4 rings (SSSR count). The largest absolute Gasteiger partial charge is 0.497 e. The second kappa shape index (κ2) is 6.19. The lowest BCUT2D eigenvalue weighted by Crippen LogP contribution is -2.38. The minimum atomic E-state index is -0.395. The van der Waals surface area contributed by atoms with Crippen LogP contribution in [0.4, 0.5) is 11.6 Å². The molecule has 9 heteroatoms. The fourth-order valence-corrected chi connectivity index (χ4v) is 3.58. The number of fused-ring (bicyclic) bond motifs is 3. The van der Waals surface area contributed by atoms with Crippen molar-refractivity contribution in [2.45, 2.75) is 13.0 Å². The molecule has 3 heterocycles. The van der Waals surface area contributed by atoms with Crippen molar-refractivity contribution in [1.29, 1.82) is 0 Å². The average Bonchev–Trinajstić information content (AvgIpc) is 3.10. The topological polar surface area (TPSA) is 83.5 Å². The second-order valence-electron chi connectivity index (χ2n) is 6.48. The SMILES string of the molecule is COc1ccc(OC)c(N2CCCn3c2nc2c3c(=O)n(C)c(=O)n2C)c1. The third kappa shape index (κ3) is 2.42. The number of benzene rings is 1. The van der Waals surface area contributed by atoms with Gasteiger partial charge in [-0.25, -0.2) is 4.79 Å². The van der Waals surface area contributed by atoms with Gasteiger partial charge in [-0.05, 0) is 18.6 Å². The van der Waals surface area contributed by atoms with E-state index in [0.717, 1.165) is 16.7 Å². The number of nitrogens with zero attached hydrogens (tertiary/aromatic N) is 5. The first kappa shape index (κ1) is 17.2. The van der Waals surface area contributed by atoms with Crippen LogP contribution in [-0.4, -0.2) is 39.4 Å². The molecule has 0 atom stereocenters. The molecule has 0 fully saturated rings. The molecule has 0 radical (unpaired) electrons. The molecule has 0 saturated heterocycles. The van der Waals surface area contributed by atoms with Crippen molar-refractivity contribution in [3.63, 3.8) is 0 Å². The number of aromatic nitrogens is 4. The normalized spacial score (nSPS) is 13.7. The third-order valence-corrected chi connectivity index (χ3v) is 5.01. The van der Waals surface area contributed by atoms with Gasteiger partial charge >= 0.3 is 5.69 Å². The van der Waals surface area contributed by atoms with Gasteiger partial charge in [0.25, 0.3) is 5.56 Å². The molecule has 0 spiro atoms. The highest BCUT2D eigenvalue weighted by atomic mass is 16.5. The van der Waals surface area contributed by atoms with Gasteiger partial charge in [0, 0.05) is 33.3 Å². The first-order chi connectivity index (χ1) is 13.0. The van der Waals surface area contributed by atoms with Crippen LogP contribution < -0.4 is 25.6 Å². The second-order valence-corrected chi connectivity index (χ2v) is 6.48. The van der Waals surface area contributed by atoms with Gasteiger partial charge in [-0.3, -0.25) is 13.9 Å². The van der Waals surface area contributed by atoms with Crippen LogP contribution in [0.15, 0.2) is 27.8 Å². The minimum Gasteiger partial charge on any atom is -0.497 e. The zero-order valence-corrected chi connectivity index (χ0v) is 15.7. The third-order valence-electron chi connectivity index (χ3n) is 5.01. The summed E-state index contributed by atoms with van der Waals surface area (Å²) in [7, 11) is 6.32. The van der Waals surface area contributed by atoms with Crippen LogP contribution in [0.3, 0.4) is 0 Å². The molecule has 0 saturated carbocycles. The van der Waals surface area contributed by atoms with Crippen molar-refractivity contribution in [3.05, 3.63) is 39.0 Å². The molecule has 1 aromatic carbocycles. The quantitative estimate of drug-likeness (QED) is 0.683. The summed E-state index contributed by atoms with van der Waals surface area (Å²) >= 11 is 0. The van der Waals surface area contributed by atoms with Crippen LogP contribution in [0, 0.1) is 0 Å². The summed E-state index contributed by atoms with van der Waals surface area (Å²) in [5, 5.41) is 0. The molecule has 1 aliphatic heterocycles. The summed E-state index contributed by atoms with van der Waals surface area (Å²) in [5.41, 5.74) is 0.878. The number of methoxy groups -OCH3 is 2. The Morgan fingerprint density at radius 3 is 2.52 bits per heavy atom. The number of ether oxygens (including phenoxy) is 2. The lowest BCUT2D eigenvalue weighted by Gasteiger charge is -2.30. The van der Waals surface area contributed by atoms with Crippen LogP contribution >= 0.6 is 0 Å². The lowest BCUT2D eigenvalue weighted by molar-refractivity contribution is 0.403. The molecule has 0 N–H and O–H groups in total. The van der Waals surface area contributed by atoms with Crippen LogP contribution in [0.5, 0.6) is 11.5 Å². The van der Waals surface area contributed by atoms with Crippen molar-refractivity contribution in [1.82, 2.24) is 18.7 Å². The van der Waals surface area contributed by atoms with Crippen molar-refractivity contribution >= 4 is 22.8 Å². The van der Waals surface area contributed by atoms with Crippen LogP contribution in [-0.2, 0) is 20.6 Å². The molecule has 0 aliphatic carbocycles. The summed E-state index contributed by atoms with van der Waals surface area (Å²) in [6, 6.07) is 5.55. The maximum absolute atomic E-state index is 12.7.